The fraction of sp³-hybridized carbons (Fsp3) is 0.500. The Bertz CT molecular complexity index is 481. The van der Waals surface area contributed by atoms with E-state index < -0.39 is 6.10 Å². The molecule has 0 saturated heterocycles. The number of carbonyl (C=O) groups is 1. The highest BCUT2D eigenvalue weighted by molar-refractivity contribution is 6.31. The van der Waals surface area contributed by atoms with Gasteiger partial charge in [-0.3, -0.25) is 4.79 Å². The third-order valence-electron chi connectivity index (χ3n) is 3.24. The summed E-state index contributed by atoms with van der Waals surface area (Å²) in [6, 6.07) is 5.41. The maximum atomic E-state index is 12.0. The lowest BCUT2D eigenvalue weighted by Crippen LogP contribution is -2.40. The van der Waals surface area contributed by atoms with Gasteiger partial charge in [0.05, 0.1) is 25.7 Å². The largest absolute Gasteiger partial charge is 0.390 e. The van der Waals surface area contributed by atoms with Crippen molar-refractivity contribution in [1.82, 2.24) is 5.32 Å². The lowest BCUT2D eigenvalue weighted by molar-refractivity contribution is -0.117. The van der Waals surface area contributed by atoms with Crippen LogP contribution in [0.1, 0.15) is 5.56 Å². The monoisotopic (exact) mass is 298 g/mol. The van der Waals surface area contributed by atoms with Gasteiger partial charge in [0.2, 0.25) is 5.91 Å². The van der Waals surface area contributed by atoms with Crippen LogP contribution >= 0.6 is 11.6 Å². The van der Waals surface area contributed by atoms with Gasteiger partial charge in [0.15, 0.2) is 0 Å². The molecule has 0 spiro atoms. The maximum Gasteiger partial charge on any atom is 0.231 e. The van der Waals surface area contributed by atoms with E-state index in [2.05, 4.69) is 5.32 Å². The van der Waals surface area contributed by atoms with Gasteiger partial charge in [0, 0.05) is 30.9 Å². The molecule has 0 fully saturated rings. The molecule has 0 bridgehead atoms. The predicted octanol–water partition coefficient (Wildman–Crippen LogP) is 0.826. The van der Waals surface area contributed by atoms with E-state index >= 15 is 0 Å². The fourth-order valence-electron chi connectivity index (χ4n) is 2.25. The molecule has 5 nitrogen and oxygen atoms in total. The Kier molecular flexibility index (Phi) is 5.37. The summed E-state index contributed by atoms with van der Waals surface area (Å²) in [5, 5.41) is 13.7. The lowest BCUT2D eigenvalue weighted by atomic mass is 10.2. The van der Waals surface area contributed by atoms with Crippen LogP contribution in [-0.4, -0.2) is 50.5 Å². The molecule has 1 aromatic rings. The molecular formula is C14H19ClN2O3. The summed E-state index contributed by atoms with van der Waals surface area (Å²) < 4.78 is 4.91. The predicted molar refractivity (Wildman–Crippen MR) is 78.3 cm³/mol. The van der Waals surface area contributed by atoms with E-state index in [4.69, 9.17) is 16.3 Å². The number of ether oxygens (including phenoxy) is 1. The molecule has 20 heavy (non-hydrogen) atoms. The van der Waals surface area contributed by atoms with Crippen LogP contribution in [0.5, 0.6) is 0 Å². The SMILES string of the molecule is COCCNCC(O)CN1C(=O)Cc2ccc(Cl)cc21. The number of benzene rings is 1. The molecular weight excluding hydrogens is 280 g/mol. The fourth-order valence-corrected chi connectivity index (χ4v) is 2.42. The van der Waals surface area contributed by atoms with Crippen molar-refractivity contribution in [3.05, 3.63) is 28.8 Å². The molecule has 1 atom stereocenters. The highest BCUT2D eigenvalue weighted by Crippen LogP contribution is 2.31. The van der Waals surface area contributed by atoms with Crippen LogP contribution in [0.25, 0.3) is 0 Å². The number of methoxy groups -OCH3 is 1. The highest BCUT2D eigenvalue weighted by Gasteiger charge is 2.28. The molecule has 0 radical (unpaired) electrons. The Morgan fingerprint density at radius 2 is 2.35 bits per heavy atom. The summed E-state index contributed by atoms with van der Waals surface area (Å²) in [5.74, 6) is -0.00166. The minimum atomic E-state index is -0.624. The van der Waals surface area contributed by atoms with Gasteiger partial charge in [-0.25, -0.2) is 0 Å². The first-order chi connectivity index (χ1) is 9.61. The van der Waals surface area contributed by atoms with E-state index in [-0.39, 0.29) is 12.5 Å². The van der Waals surface area contributed by atoms with Crippen molar-refractivity contribution in [2.24, 2.45) is 0 Å². The van der Waals surface area contributed by atoms with Crippen LogP contribution in [-0.2, 0) is 16.0 Å². The number of aliphatic hydroxyl groups is 1. The van der Waals surface area contributed by atoms with Gasteiger partial charge < -0.3 is 20.1 Å². The highest BCUT2D eigenvalue weighted by atomic mass is 35.5. The molecule has 0 aromatic heterocycles. The smallest absolute Gasteiger partial charge is 0.231 e. The lowest BCUT2D eigenvalue weighted by Gasteiger charge is -2.21. The Hall–Kier alpha value is -1.14. The van der Waals surface area contributed by atoms with Crippen LogP contribution in [0.3, 0.4) is 0 Å². The standard InChI is InChI=1S/C14H19ClN2O3/c1-20-5-4-16-8-12(18)9-17-13-7-11(15)3-2-10(13)6-14(17)19/h2-3,7,12,16,18H,4-6,8-9H2,1H3. The van der Waals surface area contributed by atoms with Crippen molar-refractivity contribution in [3.63, 3.8) is 0 Å². The van der Waals surface area contributed by atoms with E-state index in [9.17, 15) is 9.90 Å². The zero-order chi connectivity index (χ0) is 14.5. The van der Waals surface area contributed by atoms with Gasteiger partial charge in [0.1, 0.15) is 0 Å². The first kappa shape index (κ1) is 15.3. The van der Waals surface area contributed by atoms with Crippen molar-refractivity contribution in [3.8, 4) is 0 Å². The van der Waals surface area contributed by atoms with Crippen molar-refractivity contribution >= 4 is 23.2 Å². The van der Waals surface area contributed by atoms with Gasteiger partial charge in [-0.1, -0.05) is 17.7 Å². The normalized spacial score (nSPS) is 15.6. The number of halogens is 1. The first-order valence-corrected chi connectivity index (χ1v) is 6.96. The number of fused-ring (bicyclic) bond motifs is 1. The molecule has 110 valence electrons. The number of nitrogens with one attached hydrogen (secondary N) is 1. The zero-order valence-electron chi connectivity index (χ0n) is 11.4. The van der Waals surface area contributed by atoms with Crippen LogP contribution in [0.2, 0.25) is 5.02 Å². The second-order valence-electron chi connectivity index (χ2n) is 4.80. The van der Waals surface area contributed by atoms with Gasteiger partial charge in [0.25, 0.3) is 0 Å². The number of anilines is 1. The minimum absolute atomic E-state index is 0.00166. The molecule has 1 amide bonds. The quantitative estimate of drug-likeness (QED) is 0.732. The summed E-state index contributed by atoms with van der Waals surface area (Å²) in [7, 11) is 1.63. The molecule has 2 N–H and O–H groups in total. The number of β-amino-alcohol motifs (C(OH)–C–C–N with tert-alkyl or cyclic N) is 1. The van der Waals surface area contributed by atoms with Gasteiger partial charge >= 0.3 is 0 Å². The minimum Gasteiger partial charge on any atom is -0.390 e. The second-order valence-corrected chi connectivity index (χ2v) is 5.24. The second kappa shape index (κ2) is 7.04. The summed E-state index contributed by atoms with van der Waals surface area (Å²) in [6.45, 7) is 1.95. The van der Waals surface area contributed by atoms with Crippen molar-refractivity contribution in [2.75, 3.05) is 38.3 Å². The van der Waals surface area contributed by atoms with E-state index in [0.717, 1.165) is 11.3 Å². The number of amides is 1. The van der Waals surface area contributed by atoms with Gasteiger partial charge in [-0.15, -0.1) is 0 Å². The molecule has 0 saturated carbocycles. The number of hydrogen-bond acceptors (Lipinski definition) is 4. The topological polar surface area (TPSA) is 61.8 Å². The summed E-state index contributed by atoms with van der Waals surface area (Å²) in [4.78, 5) is 13.6. The number of nitrogens with zero attached hydrogens (tertiary/aromatic N) is 1. The first-order valence-electron chi connectivity index (χ1n) is 6.58. The molecule has 1 aliphatic rings. The summed E-state index contributed by atoms with van der Waals surface area (Å²) >= 11 is 5.96. The third-order valence-corrected chi connectivity index (χ3v) is 3.47. The third kappa shape index (κ3) is 3.70. The molecule has 1 heterocycles. The van der Waals surface area contributed by atoms with Crippen LogP contribution in [0, 0.1) is 0 Å². The van der Waals surface area contributed by atoms with Crippen LogP contribution < -0.4 is 10.2 Å². The van der Waals surface area contributed by atoms with Crippen LogP contribution in [0.4, 0.5) is 5.69 Å². The molecule has 6 heteroatoms. The average Bonchev–Trinajstić information content (AvgIpc) is 2.71. The van der Waals surface area contributed by atoms with Gasteiger partial charge in [-0.05, 0) is 17.7 Å². The van der Waals surface area contributed by atoms with E-state index in [1.807, 2.05) is 6.07 Å². The van der Waals surface area contributed by atoms with E-state index in [1.54, 1.807) is 24.1 Å². The average molecular weight is 299 g/mol. The Morgan fingerprint density at radius 1 is 1.55 bits per heavy atom. The van der Waals surface area contributed by atoms with Crippen LogP contribution in [0.15, 0.2) is 18.2 Å². The Balaban J connectivity index is 1.93. The zero-order valence-corrected chi connectivity index (χ0v) is 12.2. The molecule has 1 aliphatic heterocycles. The van der Waals surface area contributed by atoms with Crippen molar-refractivity contribution in [1.29, 1.82) is 0 Å². The van der Waals surface area contributed by atoms with Crippen molar-refractivity contribution < 1.29 is 14.6 Å². The Morgan fingerprint density at radius 3 is 3.10 bits per heavy atom. The molecule has 0 aliphatic carbocycles. The van der Waals surface area contributed by atoms with E-state index in [0.29, 0.717) is 31.1 Å². The molecule has 1 unspecified atom stereocenters. The molecule has 1 aromatic carbocycles. The van der Waals surface area contributed by atoms with E-state index in [1.165, 1.54) is 0 Å². The van der Waals surface area contributed by atoms with Crippen molar-refractivity contribution in [2.45, 2.75) is 12.5 Å². The number of aliphatic hydroxyl groups excluding tert-OH is 1. The summed E-state index contributed by atoms with van der Waals surface area (Å²) in [5.41, 5.74) is 1.76. The number of rotatable bonds is 7. The maximum absolute atomic E-state index is 12.0. The molecule has 2 rings (SSSR count). The Labute approximate surface area is 123 Å². The number of hydrogen-bond donors (Lipinski definition) is 2. The van der Waals surface area contributed by atoms with Gasteiger partial charge in [-0.2, -0.15) is 0 Å². The number of carbonyl (C=O) groups excluding carboxylic acids is 1. The summed E-state index contributed by atoms with van der Waals surface area (Å²) in [6.07, 6.45) is -0.253.